The number of aromatic nitrogens is 1. The van der Waals surface area contributed by atoms with Crippen molar-refractivity contribution in [2.24, 2.45) is 0 Å². The molecule has 0 saturated heterocycles. The molecule has 4 rings (SSSR count). The van der Waals surface area contributed by atoms with Gasteiger partial charge in [-0.05, 0) is 56.8 Å². The standard InChI is InChI=1S/C28H30F2N4O2/c1-5-34(6-2)13-12-31-28(36)25-17(4)32-23(26(25)19-11-10-18(29)14-21(19)30)15-20-24-16(3)8-7-9-22(24)33-27(20)35/h7-11,14-15,32H,5-6,12-13H2,1-4H3,(H,31,36)(H,33,35)/b20-15-. The Bertz CT molecular complexity index is 1360. The van der Waals surface area contributed by atoms with Crippen LogP contribution in [0.15, 0.2) is 36.4 Å². The van der Waals surface area contributed by atoms with Crippen LogP contribution in [0.5, 0.6) is 0 Å². The van der Waals surface area contributed by atoms with Gasteiger partial charge >= 0.3 is 0 Å². The molecule has 0 radical (unpaired) electrons. The van der Waals surface area contributed by atoms with Gasteiger partial charge in [0.05, 0.1) is 11.1 Å². The summed E-state index contributed by atoms with van der Waals surface area (Å²) in [4.78, 5) is 31.5. The summed E-state index contributed by atoms with van der Waals surface area (Å²) in [6, 6.07) is 8.84. The molecule has 0 unspecified atom stereocenters. The van der Waals surface area contributed by atoms with Gasteiger partial charge in [-0.1, -0.05) is 26.0 Å². The van der Waals surface area contributed by atoms with Crippen LogP contribution in [0.1, 0.15) is 46.7 Å². The normalized spacial score (nSPS) is 13.9. The van der Waals surface area contributed by atoms with Gasteiger partial charge in [0.25, 0.3) is 11.8 Å². The molecule has 2 heterocycles. The number of hydrogen-bond donors (Lipinski definition) is 3. The summed E-state index contributed by atoms with van der Waals surface area (Å²) in [6.07, 6.45) is 1.63. The molecule has 2 aromatic carbocycles. The van der Waals surface area contributed by atoms with Crippen LogP contribution < -0.4 is 10.6 Å². The second kappa shape index (κ2) is 10.5. The molecule has 8 heteroatoms. The number of rotatable bonds is 8. The maximum Gasteiger partial charge on any atom is 0.256 e. The average molecular weight is 493 g/mol. The third kappa shape index (κ3) is 4.81. The van der Waals surface area contributed by atoms with Crippen molar-refractivity contribution in [2.45, 2.75) is 27.7 Å². The minimum absolute atomic E-state index is 0.0740. The van der Waals surface area contributed by atoms with Crippen molar-refractivity contribution in [1.29, 1.82) is 0 Å². The number of hydrogen-bond acceptors (Lipinski definition) is 3. The van der Waals surface area contributed by atoms with Gasteiger partial charge in [-0.2, -0.15) is 0 Å². The van der Waals surface area contributed by atoms with E-state index in [9.17, 15) is 14.0 Å². The van der Waals surface area contributed by atoms with Crippen molar-refractivity contribution in [2.75, 3.05) is 31.5 Å². The first kappa shape index (κ1) is 25.3. The Kier molecular flexibility index (Phi) is 7.35. The topological polar surface area (TPSA) is 77.2 Å². The zero-order valence-electron chi connectivity index (χ0n) is 20.9. The fourth-order valence-electron chi connectivity index (χ4n) is 4.68. The van der Waals surface area contributed by atoms with Crippen molar-refractivity contribution in [3.8, 4) is 11.1 Å². The van der Waals surface area contributed by atoms with Gasteiger partial charge < -0.3 is 20.5 Å². The van der Waals surface area contributed by atoms with E-state index in [0.717, 1.165) is 36.3 Å². The molecule has 0 saturated carbocycles. The summed E-state index contributed by atoms with van der Waals surface area (Å²) in [7, 11) is 0. The van der Waals surface area contributed by atoms with E-state index in [1.54, 1.807) is 13.0 Å². The lowest BCUT2D eigenvalue weighted by Gasteiger charge is -2.18. The lowest BCUT2D eigenvalue weighted by molar-refractivity contribution is -0.110. The number of nitrogens with one attached hydrogen (secondary N) is 3. The molecule has 0 bridgehead atoms. The molecule has 1 aliphatic rings. The molecule has 3 N–H and O–H groups in total. The van der Waals surface area contributed by atoms with Crippen molar-refractivity contribution in [1.82, 2.24) is 15.2 Å². The third-order valence-corrected chi connectivity index (χ3v) is 6.58. The summed E-state index contributed by atoms with van der Waals surface area (Å²) in [5.41, 5.74) is 4.29. The number of carbonyl (C=O) groups is 2. The summed E-state index contributed by atoms with van der Waals surface area (Å²) in [5.74, 6) is -2.17. The van der Waals surface area contributed by atoms with Crippen LogP contribution in [0.4, 0.5) is 14.5 Å². The number of aryl methyl sites for hydroxylation is 2. The predicted molar refractivity (Wildman–Crippen MR) is 139 cm³/mol. The third-order valence-electron chi connectivity index (χ3n) is 6.58. The van der Waals surface area contributed by atoms with Crippen molar-refractivity contribution < 1.29 is 18.4 Å². The average Bonchev–Trinajstić information content (AvgIpc) is 3.33. The first-order valence-corrected chi connectivity index (χ1v) is 12.1. The lowest BCUT2D eigenvalue weighted by atomic mass is 9.96. The number of benzene rings is 2. The highest BCUT2D eigenvalue weighted by Crippen LogP contribution is 2.39. The monoisotopic (exact) mass is 492 g/mol. The smallest absolute Gasteiger partial charge is 0.256 e. The number of amides is 2. The number of anilines is 1. The predicted octanol–water partition coefficient (Wildman–Crippen LogP) is 5.14. The number of nitrogens with zero attached hydrogens (tertiary/aromatic N) is 1. The second-order valence-corrected chi connectivity index (χ2v) is 8.83. The first-order chi connectivity index (χ1) is 17.2. The van der Waals surface area contributed by atoms with Gasteiger partial charge in [-0.3, -0.25) is 9.59 Å². The number of halogens is 2. The van der Waals surface area contributed by atoms with Crippen LogP contribution in [0.2, 0.25) is 0 Å². The second-order valence-electron chi connectivity index (χ2n) is 8.83. The zero-order chi connectivity index (χ0) is 26.0. The molecule has 0 atom stereocenters. The fraction of sp³-hybridized carbons (Fsp3) is 0.286. The SMILES string of the molecule is CCN(CC)CCNC(=O)c1c(C)[nH]c(/C=C2\C(=O)Nc3cccc(C)c32)c1-c1ccc(F)cc1F. The first-order valence-electron chi connectivity index (χ1n) is 12.1. The van der Waals surface area contributed by atoms with Crippen molar-refractivity contribution in [3.63, 3.8) is 0 Å². The van der Waals surface area contributed by atoms with Crippen LogP contribution in [0.3, 0.4) is 0 Å². The minimum Gasteiger partial charge on any atom is -0.358 e. The molecule has 1 aromatic heterocycles. The van der Waals surface area contributed by atoms with E-state index >= 15 is 4.39 Å². The Balaban J connectivity index is 1.82. The van der Waals surface area contributed by atoms with Crippen LogP contribution in [-0.4, -0.2) is 47.9 Å². The highest BCUT2D eigenvalue weighted by Gasteiger charge is 2.29. The number of carbonyl (C=O) groups excluding carboxylic acids is 2. The van der Waals surface area contributed by atoms with E-state index < -0.39 is 11.6 Å². The van der Waals surface area contributed by atoms with E-state index in [-0.39, 0.29) is 28.5 Å². The molecule has 2 amide bonds. The van der Waals surface area contributed by atoms with E-state index in [1.165, 1.54) is 6.07 Å². The Morgan fingerprint density at radius 3 is 2.53 bits per heavy atom. The summed E-state index contributed by atoms with van der Waals surface area (Å²) in [6.45, 7) is 10.6. The van der Waals surface area contributed by atoms with E-state index in [1.807, 2.05) is 25.1 Å². The van der Waals surface area contributed by atoms with Crippen LogP contribution in [-0.2, 0) is 4.79 Å². The molecule has 0 spiro atoms. The van der Waals surface area contributed by atoms with E-state index in [0.29, 0.717) is 35.7 Å². The minimum atomic E-state index is -0.793. The largest absolute Gasteiger partial charge is 0.358 e. The van der Waals surface area contributed by atoms with Gasteiger partial charge in [0.2, 0.25) is 0 Å². The maximum absolute atomic E-state index is 15.0. The van der Waals surface area contributed by atoms with Crippen LogP contribution in [0.25, 0.3) is 22.8 Å². The van der Waals surface area contributed by atoms with E-state index in [2.05, 4.69) is 34.4 Å². The Hall–Kier alpha value is -3.78. The molecule has 36 heavy (non-hydrogen) atoms. The molecule has 1 aliphatic heterocycles. The molecule has 188 valence electrons. The van der Waals surface area contributed by atoms with Crippen molar-refractivity contribution in [3.05, 3.63) is 76.1 Å². The number of aromatic amines is 1. The lowest BCUT2D eigenvalue weighted by Crippen LogP contribution is -2.35. The van der Waals surface area contributed by atoms with Gasteiger partial charge in [0, 0.05) is 52.9 Å². The van der Waals surface area contributed by atoms with Crippen LogP contribution in [0, 0.1) is 25.5 Å². The van der Waals surface area contributed by atoms with Crippen molar-refractivity contribution >= 4 is 29.2 Å². The van der Waals surface area contributed by atoms with Gasteiger partial charge in [-0.25, -0.2) is 8.78 Å². The molecule has 0 fully saturated rings. The van der Waals surface area contributed by atoms with Crippen LogP contribution >= 0.6 is 0 Å². The summed E-state index contributed by atoms with van der Waals surface area (Å²) in [5, 5.41) is 5.77. The molecular weight excluding hydrogens is 462 g/mol. The molecule has 3 aromatic rings. The number of likely N-dealkylation sites (N-methyl/N-ethyl adjacent to an activating group) is 1. The van der Waals surface area contributed by atoms with Gasteiger partial charge in [0.15, 0.2) is 0 Å². The Morgan fingerprint density at radius 2 is 1.83 bits per heavy atom. The zero-order valence-corrected chi connectivity index (χ0v) is 20.9. The highest BCUT2D eigenvalue weighted by molar-refractivity contribution is 6.35. The Morgan fingerprint density at radius 1 is 1.08 bits per heavy atom. The molecule has 6 nitrogen and oxygen atoms in total. The Labute approximate surface area is 209 Å². The maximum atomic E-state index is 15.0. The summed E-state index contributed by atoms with van der Waals surface area (Å²) >= 11 is 0. The fourth-order valence-corrected chi connectivity index (χ4v) is 4.68. The summed E-state index contributed by atoms with van der Waals surface area (Å²) < 4.78 is 28.7. The van der Waals surface area contributed by atoms with Gasteiger partial charge in [0.1, 0.15) is 11.6 Å². The quantitative estimate of drug-likeness (QED) is 0.381. The molecular formula is C28H30F2N4O2. The number of H-pyrrole nitrogens is 1. The molecule has 0 aliphatic carbocycles. The van der Waals surface area contributed by atoms with Gasteiger partial charge in [-0.15, -0.1) is 0 Å². The number of fused-ring (bicyclic) bond motifs is 1. The highest BCUT2D eigenvalue weighted by atomic mass is 19.1. The van der Waals surface area contributed by atoms with E-state index in [4.69, 9.17) is 0 Å².